The minimum Gasteiger partial charge on any atom is -0.378 e. The van der Waals surface area contributed by atoms with E-state index in [0.29, 0.717) is 13.1 Å². The highest BCUT2D eigenvalue weighted by atomic mass is 19.1. The van der Waals surface area contributed by atoms with Gasteiger partial charge in [0.1, 0.15) is 0 Å². The van der Waals surface area contributed by atoms with Gasteiger partial charge in [-0.15, -0.1) is 0 Å². The van der Waals surface area contributed by atoms with Gasteiger partial charge in [0, 0.05) is 25.8 Å². The van der Waals surface area contributed by atoms with Crippen molar-refractivity contribution in [1.82, 2.24) is 4.98 Å². The molecule has 1 saturated heterocycles. The molecule has 1 atom stereocenters. The maximum atomic E-state index is 13.5. The quantitative estimate of drug-likeness (QED) is 0.835. The first-order valence-electron chi connectivity index (χ1n) is 6.66. The number of halogens is 2. The molecule has 2 heterocycles. The van der Waals surface area contributed by atoms with Crippen molar-refractivity contribution in [3.63, 3.8) is 0 Å². The van der Waals surface area contributed by atoms with Gasteiger partial charge in [0.05, 0.1) is 6.10 Å². The first-order chi connectivity index (χ1) is 9.20. The number of aromatic nitrogens is 1. The third-order valence-corrected chi connectivity index (χ3v) is 3.06. The van der Waals surface area contributed by atoms with Crippen LogP contribution in [0.5, 0.6) is 0 Å². The number of rotatable bonds is 6. The van der Waals surface area contributed by atoms with E-state index in [9.17, 15) is 8.78 Å². The largest absolute Gasteiger partial charge is 0.378 e. The van der Waals surface area contributed by atoms with Crippen molar-refractivity contribution in [3.05, 3.63) is 17.7 Å². The molecule has 0 saturated carbocycles. The van der Waals surface area contributed by atoms with Gasteiger partial charge < -0.3 is 15.4 Å². The van der Waals surface area contributed by atoms with Crippen LogP contribution in [0.3, 0.4) is 0 Å². The highest BCUT2D eigenvalue weighted by molar-refractivity contribution is 5.47. The Morgan fingerprint density at radius 1 is 1.32 bits per heavy atom. The van der Waals surface area contributed by atoms with Gasteiger partial charge >= 0.3 is 0 Å². The van der Waals surface area contributed by atoms with Crippen LogP contribution in [0.25, 0.3) is 0 Å². The summed E-state index contributed by atoms with van der Waals surface area (Å²) in [5.74, 6) is -1.20. The molecule has 1 fully saturated rings. The summed E-state index contributed by atoms with van der Waals surface area (Å²) in [6.07, 6.45) is 3.17. The Bertz CT molecular complexity index is 423. The second kappa shape index (κ2) is 6.65. The summed E-state index contributed by atoms with van der Waals surface area (Å²) >= 11 is 0. The molecular formula is C13H19F2N3O. The van der Waals surface area contributed by atoms with Crippen LogP contribution in [0.2, 0.25) is 0 Å². The van der Waals surface area contributed by atoms with Gasteiger partial charge in [-0.05, 0) is 26.2 Å². The fourth-order valence-corrected chi connectivity index (χ4v) is 2.11. The molecule has 6 heteroatoms. The fourth-order valence-electron chi connectivity index (χ4n) is 2.11. The normalized spacial score (nSPS) is 18.6. The summed E-state index contributed by atoms with van der Waals surface area (Å²) < 4.78 is 32.4. The highest BCUT2D eigenvalue weighted by Gasteiger charge is 2.16. The van der Waals surface area contributed by atoms with Crippen LogP contribution < -0.4 is 10.6 Å². The Labute approximate surface area is 111 Å². The number of ether oxygens (including phenoxy) is 1. The number of pyridine rings is 1. The molecule has 1 unspecified atom stereocenters. The SMILES string of the molecule is CCNc1nc(NCCC2CCCO2)c(F)cc1F. The first kappa shape index (κ1) is 14.0. The fraction of sp³-hybridized carbons (Fsp3) is 0.615. The standard InChI is InChI=1S/C13H19F2N3O/c1-2-16-12-10(14)8-11(15)13(18-12)17-6-5-9-4-3-7-19-9/h8-9H,2-7H2,1H3,(H2,16,17,18). The monoisotopic (exact) mass is 271 g/mol. The van der Waals surface area contributed by atoms with E-state index in [1.165, 1.54) is 0 Å². The van der Waals surface area contributed by atoms with Crippen molar-refractivity contribution in [1.29, 1.82) is 0 Å². The van der Waals surface area contributed by atoms with Crippen LogP contribution in [-0.4, -0.2) is 30.8 Å². The number of hydrogen-bond acceptors (Lipinski definition) is 4. The van der Waals surface area contributed by atoms with Crippen LogP contribution in [-0.2, 0) is 4.74 Å². The van der Waals surface area contributed by atoms with Crippen molar-refractivity contribution >= 4 is 11.6 Å². The number of nitrogens with zero attached hydrogens (tertiary/aromatic N) is 1. The van der Waals surface area contributed by atoms with Gasteiger partial charge in [-0.25, -0.2) is 13.8 Å². The first-order valence-corrected chi connectivity index (χ1v) is 6.66. The minimum absolute atomic E-state index is 0.0727. The molecule has 19 heavy (non-hydrogen) atoms. The summed E-state index contributed by atoms with van der Waals surface area (Å²) in [4.78, 5) is 3.91. The van der Waals surface area contributed by atoms with Crippen LogP contribution in [0.1, 0.15) is 26.2 Å². The molecule has 106 valence electrons. The van der Waals surface area contributed by atoms with Crippen molar-refractivity contribution in [2.75, 3.05) is 30.3 Å². The molecule has 0 bridgehead atoms. The second-order valence-corrected chi connectivity index (χ2v) is 4.53. The Hall–Kier alpha value is -1.43. The molecule has 0 radical (unpaired) electrons. The van der Waals surface area contributed by atoms with E-state index in [0.717, 1.165) is 31.9 Å². The van der Waals surface area contributed by atoms with Crippen molar-refractivity contribution < 1.29 is 13.5 Å². The Balaban J connectivity index is 1.92. The Kier molecular flexibility index (Phi) is 4.90. The molecule has 0 spiro atoms. The summed E-state index contributed by atoms with van der Waals surface area (Å²) in [7, 11) is 0. The molecule has 1 aliphatic rings. The van der Waals surface area contributed by atoms with E-state index in [4.69, 9.17) is 4.74 Å². The summed E-state index contributed by atoms with van der Waals surface area (Å²) in [5, 5.41) is 5.65. The molecule has 4 nitrogen and oxygen atoms in total. The lowest BCUT2D eigenvalue weighted by Crippen LogP contribution is -2.15. The van der Waals surface area contributed by atoms with Gasteiger partial charge in [-0.3, -0.25) is 0 Å². The summed E-state index contributed by atoms with van der Waals surface area (Å²) in [5.41, 5.74) is 0. The minimum atomic E-state index is -0.677. The van der Waals surface area contributed by atoms with Crippen molar-refractivity contribution in [2.24, 2.45) is 0 Å². The zero-order chi connectivity index (χ0) is 13.7. The third kappa shape index (κ3) is 3.76. The van der Waals surface area contributed by atoms with E-state index >= 15 is 0 Å². The van der Waals surface area contributed by atoms with Crippen LogP contribution >= 0.6 is 0 Å². The lowest BCUT2D eigenvalue weighted by molar-refractivity contribution is 0.107. The third-order valence-electron chi connectivity index (χ3n) is 3.06. The van der Waals surface area contributed by atoms with Crippen LogP contribution in [0.15, 0.2) is 6.07 Å². The van der Waals surface area contributed by atoms with Gasteiger partial charge in [-0.2, -0.15) is 0 Å². The number of nitrogens with one attached hydrogen (secondary N) is 2. The van der Waals surface area contributed by atoms with Gasteiger partial charge in [0.15, 0.2) is 23.3 Å². The maximum absolute atomic E-state index is 13.5. The average molecular weight is 271 g/mol. The van der Waals surface area contributed by atoms with Crippen molar-refractivity contribution in [2.45, 2.75) is 32.3 Å². The number of anilines is 2. The van der Waals surface area contributed by atoms with E-state index in [-0.39, 0.29) is 17.7 Å². The average Bonchev–Trinajstić information content (AvgIpc) is 2.88. The van der Waals surface area contributed by atoms with Gasteiger partial charge in [0.2, 0.25) is 0 Å². The lowest BCUT2D eigenvalue weighted by atomic mass is 10.2. The molecule has 1 aliphatic heterocycles. The van der Waals surface area contributed by atoms with Gasteiger partial charge in [0.25, 0.3) is 0 Å². The van der Waals surface area contributed by atoms with E-state index in [1.54, 1.807) is 0 Å². The maximum Gasteiger partial charge on any atom is 0.168 e. The lowest BCUT2D eigenvalue weighted by Gasteiger charge is -2.12. The van der Waals surface area contributed by atoms with E-state index in [1.807, 2.05) is 6.92 Å². The van der Waals surface area contributed by atoms with Crippen LogP contribution in [0.4, 0.5) is 20.4 Å². The molecule has 2 rings (SSSR count). The zero-order valence-corrected chi connectivity index (χ0v) is 11.0. The highest BCUT2D eigenvalue weighted by Crippen LogP contribution is 2.20. The second-order valence-electron chi connectivity index (χ2n) is 4.53. The molecule has 1 aromatic heterocycles. The van der Waals surface area contributed by atoms with Crippen molar-refractivity contribution in [3.8, 4) is 0 Å². The Morgan fingerprint density at radius 2 is 2.05 bits per heavy atom. The molecule has 1 aromatic rings. The predicted molar refractivity (Wildman–Crippen MR) is 70.4 cm³/mol. The van der Waals surface area contributed by atoms with Crippen LogP contribution in [0, 0.1) is 11.6 Å². The van der Waals surface area contributed by atoms with E-state index < -0.39 is 11.6 Å². The molecule has 0 aliphatic carbocycles. The number of hydrogen-bond donors (Lipinski definition) is 2. The molecule has 0 aromatic carbocycles. The molecule has 2 N–H and O–H groups in total. The predicted octanol–water partition coefficient (Wildman–Crippen LogP) is 2.77. The zero-order valence-electron chi connectivity index (χ0n) is 11.0. The Morgan fingerprint density at radius 3 is 2.68 bits per heavy atom. The summed E-state index contributed by atoms with van der Waals surface area (Å²) in [6.45, 7) is 3.73. The summed E-state index contributed by atoms with van der Waals surface area (Å²) in [6, 6.07) is 0.847. The van der Waals surface area contributed by atoms with E-state index in [2.05, 4.69) is 15.6 Å². The van der Waals surface area contributed by atoms with Gasteiger partial charge in [-0.1, -0.05) is 0 Å². The molecular weight excluding hydrogens is 252 g/mol. The smallest absolute Gasteiger partial charge is 0.168 e. The molecule has 0 amide bonds. The topological polar surface area (TPSA) is 46.2 Å².